The van der Waals surface area contributed by atoms with Crippen molar-refractivity contribution in [2.24, 2.45) is 0 Å². The molecule has 0 aliphatic heterocycles. The monoisotopic (exact) mass is 444 g/mol. The summed E-state index contributed by atoms with van der Waals surface area (Å²) in [5.41, 5.74) is 9.04. The molecule has 2 aromatic rings. The molecule has 1 atom stereocenters. The smallest absolute Gasteiger partial charge is 0.131 e. The molecule has 1 unspecified atom stereocenters. The number of benzene rings is 2. The standard InChI is InChI=1S/C27H37ClOS/c1-17-15-20-21(25(17)30(9,10)28)16-22(27(5,6)7)24(29-8)23(20)18-11-13-19(14-12-18)26(2,3)4/h11-16,25H,1-10H3. The van der Waals surface area contributed by atoms with Gasteiger partial charge >= 0.3 is 0 Å². The van der Waals surface area contributed by atoms with Gasteiger partial charge in [-0.15, -0.1) is 0 Å². The normalized spacial score (nSPS) is 17.6. The van der Waals surface area contributed by atoms with E-state index >= 15 is 0 Å². The molecule has 2 aromatic carbocycles. The Kier molecular flexibility index (Phi) is 5.93. The van der Waals surface area contributed by atoms with E-state index in [-0.39, 0.29) is 16.1 Å². The van der Waals surface area contributed by atoms with E-state index in [0.29, 0.717) is 0 Å². The van der Waals surface area contributed by atoms with E-state index < -0.39 is 9.24 Å². The van der Waals surface area contributed by atoms with Gasteiger partial charge in [0, 0.05) is 16.4 Å². The van der Waals surface area contributed by atoms with E-state index in [1.54, 1.807) is 7.11 Å². The summed E-state index contributed by atoms with van der Waals surface area (Å²) in [6.45, 7) is 15.7. The van der Waals surface area contributed by atoms with Crippen molar-refractivity contribution in [3.8, 4) is 16.9 Å². The summed E-state index contributed by atoms with van der Waals surface area (Å²) < 4.78 is 6.08. The maximum absolute atomic E-state index is 6.98. The van der Waals surface area contributed by atoms with Crippen LogP contribution in [-0.2, 0) is 10.8 Å². The maximum atomic E-state index is 6.98. The quantitative estimate of drug-likeness (QED) is 0.460. The van der Waals surface area contributed by atoms with E-state index in [1.807, 2.05) is 0 Å². The second-order valence-electron chi connectivity index (χ2n) is 11.0. The number of rotatable bonds is 3. The number of fused-ring (bicyclic) bond motifs is 1. The first-order valence-corrected chi connectivity index (χ1v) is 14.0. The van der Waals surface area contributed by atoms with Crippen molar-refractivity contribution >= 4 is 26.0 Å². The van der Waals surface area contributed by atoms with Crippen LogP contribution in [0, 0.1) is 0 Å². The van der Waals surface area contributed by atoms with Crippen LogP contribution in [0.5, 0.6) is 5.75 Å². The lowest BCUT2D eigenvalue weighted by molar-refractivity contribution is 0.399. The molecule has 3 rings (SSSR count). The summed E-state index contributed by atoms with van der Waals surface area (Å²) in [5, 5.41) is 0.272. The van der Waals surface area contributed by atoms with Gasteiger partial charge in [-0.2, -0.15) is 9.24 Å². The fraction of sp³-hybridized carbons (Fsp3) is 0.481. The first-order chi connectivity index (χ1) is 13.7. The van der Waals surface area contributed by atoms with Crippen molar-refractivity contribution in [3.63, 3.8) is 0 Å². The lowest BCUT2D eigenvalue weighted by Gasteiger charge is -2.34. The summed E-state index contributed by atoms with van der Waals surface area (Å²) in [4.78, 5) is 0. The molecule has 0 amide bonds. The van der Waals surface area contributed by atoms with Gasteiger partial charge in [0.25, 0.3) is 0 Å². The van der Waals surface area contributed by atoms with Crippen molar-refractivity contribution in [2.45, 2.75) is 64.5 Å². The van der Waals surface area contributed by atoms with Crippen molar-refractivity contribution in [3.05, 3.63) is 58.2 Å². The third kappa shape index (κ3) is 4.18. The van der Waals surface area contributed by atoms with Crippen LogP contribution in [-0.4, -0.2) is 19.6 Å². The van der Waals surface area contributed by atoms with E-state index in [0.717, 1.165) is 5.75 Å². The van der Waals surface area contributed by atoms with Crippen LogP contribution in [0.2, 0.25) is 0 Å². The van der Waals surface area contributed by atoms with Gasteiger partial charge in [0.15, 0.2) is 0 Å². The molecule has 1 nitrogen and oxygen atoms in total. The van der Waals surface area contributed by atoms with E-state index in [9.17, 15) is 0 Å². The molecule has 0 aromatic heterocycles. The van der Waals surface area contributed by atoms with E-state index in [2.05, 4.69) is 97.4 Å². The zero-order valence-corrected chi connectivity index (χ0v) is 21.8. The average Bonchev–Trinajstić information content (AvgIpc) is 2.94. The van der Waals surface area contributed by atoms with Gasteiger partial charge in [-0.25, -0.2) is 0 Å². The Morgan fingerprint density at radius 1 is 0.933 bits per heavy atom. The third-order valence-corrected chi connectivity index (χ3v) is 8.31. The second kappa shape index (κ2) is 7.64. The lowest BCUT2D eigenvalue weighted by Crippen LogP contribution is -2.16. The highest BCUT2D eigenvalue weighted by atomic mass is 35.7. The highest BCUT2D eigenvalue weighted by Gasteiger charge is 2.36. The minimum atomic E-state index is -1.31. The van der Waals surface area contributed by atoms with Gasteiger partial charge in [-0.3, -0.25) is 0 Å². The van der Waals surface area contributed by atoms with Crippen LogP contribution in [0.25, 0.3) is 17.2 Å². The first-order valence-electron chi connectivity index (χ1n) is 10.6. The van der Waals surface area contributed by atoms with Crippen molar-refractivity contribution in [1.82, 2.24) is 0 Å². The van der Waals surface area contributed by atoms with Crippen LogP contribution < -0.4 is 4.74 Å². The summed E-state index contributed by atoms with van der Waals surface area (Å²) >= 11 is 0. The molecular weight excluding hydrogens is 408 g/mol. The molecule has 0 spiro atoms. The topological polar surface area (TPSA) is 9.23 Å². The molecule has 30 heavy (non-hydrogen) atoms. The highest BCUT2D eigenvalue weighted by Crippen LogP contribution is 2.66. The van der Waals surface area contributed by atoms with Gasteiger partial charge in [0.05, 0.1) is 7.11 Å². The highest BCUT2D eigenvalue weighted by molar-refractivity contribution is 8.50. The van der Waals surface area contributed by atoms with Crippen LogP contribution in [0.3, 0.4) is 0 Å². The zero-order valence-electron chi connectivity index (χ0n) is 20.2. The molecule has 1 aliphatic carbocycles. The van der Waals surface area contributed by atoms with E-state index in [4.69, 9.17) is 15.4 Å². The van der Waals surface area contributed by atoms with E-state index in [1.165, 1.54) is 39.0 Å². The molecule has 0 saturated heterocycles. The summed E-state index contributed by atoms with van der Waals surface area (Å²) in [5.74, 6) is 0.983. The third-order valence-electron chi connectivity index (χ3n) is 6.03. The second-order valence-corrected chi connectivity index (χ2v) is 16.4. The van der Waals surface area contributed by atoms with Crippen LogP contribution in [0.15, 0.2) is 35.9 Å². The zero-order chi connectivity index (χ0) is 22.6. The molecule has 0 heterocycles. The fourth-order valence-corrected chi connectivity index (χ4v) is 7.02. The van der Waals surface area contributed by atoms with Crippen LogP contribution in [0.1, 0.15) is 76.0 Å². The van der Waals surface area contributed by atoms with Gasteiger partial charge < -0.3 is 4.74 Å². The van der Waals surface area contributed by atoms with Gasteiger partial charge in [-0.1, -0.05) is 88.1 Å². The SMILES string of the molecule is COc1c(C(C)(C)C)cc2c(c1-c1ccc(C(C)(C)C)cc1)C=C(C)C2S(C)(C)Cl. The Morgan fingerprint density at radius 3 is 1.93 bits per heavy atom. The Hall–Kier alpha value is -1.38. The predicted molar refractivity (Wildman–Crippen MR) is 138 cm³/mol. The number of ether oxygens (including phenoxy) is 1. The molecular formula is C27H37ClOS. The van der Waals surface area contributed by atoms with Crippen LogP contribution >= 0.6 is 19.9 Å². The summed E-state index contributed by atoms with van der Waals surface area (Å²) in [7, 11) is 7.47. The Balaban J connectivity index is 2.36. The molecule has 0 N–H and O–H groups in total. The number of methoxy groups -OCH3 is 1. The Morgan fingerprint density at radius 2 is 1.50 bits per heavy atom. The molecule has 164 valence electrons. The summed E-state index contributed by atoms with van der Waals surface area (Å²) in [6, 6.07) is 11.4. The number of hydrogen-bond donors (Lipinski definition) is 0. The maximum Gasteiger partial charge on any atom is 0.131 e. The van der Waals surface area contributed by atoms with Gasteiger partial charge in [-0.05, 0) is 58.6 Å². The fourth-order valence-electron chi connectivity index (χ4n) is 4.56. The van der Waals surface area contributed by atoms with Crippen LogP contribution in [0.4, 0.5) is 0 Å². The van der Waals surface area contributed by atoms with Gasteiger partial charge in [0.2, 0.25) is 0 Å². The first kappa shape index (κ1) is 23.3. The van der Waals surface area contributed by atoms with Gasteiger partial charge in [0.1, 0.15) is 5.75 Å². The Bertz CT molecular complexity index is 980. The molecule has 1 aliphatic rings. The summed E-state index contributed by atoms with van der Waals surface area (Å²) in [6.07, 6.45) is 6.73. The molecule has 0 fully saturated rings. The molecule has 0 radical (unpaired) electrons. The van der Waals surface area contributed by atoms with Crippen molar-refractivity contribution in [2.75, 3.05) is 19.6 Å². The average molecular weight is 445 g/mol. The molecule has 0 saturated carbocycles. The number of halogens is 1. The minimum Gasteiger partial charge on any atom is -0.496 e. The number of hydrogen-bond acceptors (Lipinski definition) is 1. The van der Waals surface area contributed by atoms with Crippen molar-refractivity contribution in [1.29, 1.82) is 0 Å². The lowest BCUT2D eigenvalue weighted by atomic mass is 9.80. The minimum absolute atomic E-state index is 0.0344. The largest absolute Gasteiger partial charge is 0.496 e. The predicted octanol–water partition coefficient (Wildman–Crippen LogP) is 8.63. The van der Waals surface area contributed by atoms with Crippen molar-refractivity contribution < 1.29 is 4.74 Å². The molecule has 3 heteroatoms. The molecule has 0 bridgehead atoms. The Labute approximate surface area is 189 Å².